The second-order valence-corrected chi connectivity index (χ2v) is 6.06. The van der Waals surface area contributed by atoms with Gasteiger partial charge in [-0.2, -0.15) is 0 Å². The van der Waals surface area contributed by atoms with E-state index in [4.69, 9.17) is 5.73 Å². The minimum absolute atomic E-state index is 0.352. The normalized spacial score (nSPS) is 22.9. The molecule has 17 heavy (non-hydrogen) atoms. The molecular formula is C14H31N3. The van der Waals surface area contributed by atoms with E-state index in [2.05, 4.69) is 37.7 Å². The van der Waals surface area contributed by atoms with Crippen LogP contribution in [0.3, 0.4) is 0 Å². The molecule has 1 saturated heterocycles. The number of nitrogens with two attached hydrogens (primary N) is 1. The molecule has 2 unspecified atom stereocenters. The van der Waals surface area contributed by atoms with Gasteiger partial charge in [-0.25, -0.2) is 0 Å². The van der Waals surface area contributed by atoms with Crippen molar-refractivity contribution < 1.29 is 0 Å². The fraction of sp³-hybridized carbons (Fsp3) is 1.00. The van der Waals surface area contributed by atoms with Gasteiger partial charge >= 0.3 is 0 Å². The minimum atomic E-state index is 0.352. The summed E-state index contributed by atoms with van der Waals surface area (Å²) in [5.41, 5.74) is 6.22. The molecule has 2 atom stereocenters. The number of hydrogen-bond donors (Lipinski definition) is 1. The third-order valence-electron chi connectivity index (χ3n) is 4.17. The lowest BCUT2D eigenvalue weighted by molar-refractivity contribution is 0.147. The molecule has 0 saturated carbocycles. The summed E-state index contributed by atoms with van der Waals surface area (Å²) in [4.78, 5) is 4.87. The fourth-order valence-electron chi connectivity index (χ4n) is 2.65. The maximum absolute atomic E-state index is 6.22. The average Bonchev–Trinajstić information content (AvgIpc) is 2.30. The molecule has 3 heteroatoms. The Hall–Kier alpha value is -0.120. The Morgan fingerprint density at radius 3 is 2.35 bits per heavy atom. The number of piperidine rings is 1. The van der Waals surface area contributed by atoms with E-state index in [1.54, 1.807) is 0 Å². The van der Waals surface area contributed by atoms with Crippen LogP contribution in [0.15, 0.2) is 0 Å². The minimum Gasteiger partial charge on any atom is -0.326 e. The summed E-state index contributed by atoms with van der Waals surface area (Å²) >= 11 is 0. The first-order valence-corrected chi connectivity index (χ1v) is 7.15. The number of rotatable bonds is 6. The van der Waals surface area contributed by atoms with E-state index in [-0.39, 0.29) is 0 Å². The predicted molar refractivity (Wildman–Crippen MR) is 75.1 cm³/mol. The molecule has 0 bridgehead atoms. The molecule has 1 aliphatic heterocycles. The van der Waals surface area contributed by atoms with Crippen LogP contribution in [0.5, 0.6) is 0 Å². The zero-order chi connectivity index (χ0) is 12.8. The highest BCUT2D eigenvalue weighted by molar-refractivity contribution is 4.78. The van der Waals surface area contributed by atoms with Crippen molar-refractivity contribution in [3.05, 3.63) is 0 Å². The molecule has 102 valence electrons. The lowest BCUT2D eigenvalue weighted by atomic mass is 9.94. The average molecular weight is 241 g/mol. The first-order valence-electron chi connectivity index (χ1n) is 7.15. The van der Waals surface area contributed by atoms with E-state index in [9.17, 15) is 0 Å². The molecular weight excluding hydrogens is 210 g/mol. The smallest absolute Gasteiger partial charge is 0.0193 e. The van der Waals surface area contributed by atoms with Crippen LogP contribution >= 0.6 is 0 Å². The fourth-order valence-corrected chi connectivity index (χ4v) is 2.65. The lowest BCUT2D eigenvalue weighted by Gasteiger charge is -2.35. The van der Waals surface area contributed by atoms with Gasteiger partial charge in [0.2, 0.25) is 0 Å². The number of hydrogen-bond acceptors (Lipinski definition) is 3. The van der Waals surface area contributed by atoms with E-state index in [0.29, 0.717) is 12.0 Å². The van der Waals surface area contributed by atoms with Gasteiger partial charge in [-0.1, -0.05) is 20.3 Å². The molecule has 0 radical (unpaired) electrons. The standard InChI is InChI=1S/C14H31N3/c1-5-12(2)14(15)11-17-8-6-13(7-9-17)10-16(3)4/h12-14H,5-11,15H2,1-4H3. The van der Waals surface area contributed by atoms with E-state index in [1.165, 1.54) is 38.9 Å². The van der Waals surface area contributed by atoms with Crippen LogP contribution in [0, 0.1) is 11.8 Å². The molecule has 0 aromatic rings. The van der Waals surface area contributed by atoms with Crippen molar-refractivity contribution in [1.29, 1.82) is 0 Å². The highest BCUT2D eigenvalue weighted by atomic mass is 15.1. The molecule has 3 nitrogen and oxygen atoms in total. The summed E-state index contributed by atoms with van der Waals surface area (Å²) in [7, 11) is 4.34. The van der Waals surface area contributed by atoms with Gasteiger partial charge in [0.25, 0.3) is 0 Å². The van der Waals surface area contributed by atoms with Gasteiger partial charge < -0.3 is 15.5 Å². The van der Waals surface area contributed by atoms with Crippen LogP contribution in [0.2, 0.25) is 0 Å². The van der Waals surface area contributed by atoms with Gasteiger partial charge in [-0.15, -0.1) is 0 Å². The maximum atomic E-state index is 6.22. The maximum Gasteiger partial charge on any atom is 0.0193 e. The Labute approximate surface area is 107 Å². The van der Waals surface area contributed by atoms with Crippen molar-refractivity contribution in [2.45, 2.75) is 39.2 Å². The van der Waals surface area contributed by atoms with Gasteiger partial charge in [0, 0.05) is 19.1 Å². The summed E-state index contributed by atoms with van der Waals surface area (Å²) in [6.07, 6.45) is 3.87. The van der Waals surface area contributed by atoms with Crippen molar-refractivity contribution in [1.82, 2.24) is 9.80 Å². The van der Waals surface area contributed by atoms with Crippen molar-refractivity contribution >= 4 is 0 Å². The van der Waals surface area contributed by atoms with Gasteiger partial charge in [0.15, 0.2) is 0 Å². The molecule has 0 aromatic carbocycles. The van der Waals surface area contributed by atoms with Crippen molar-refractivity contribution in [3.63, 3.8) is 0 Å². The summed E-state index contributed by atoms with van der Waals surface area (Å²) in [5.74, 6) is 1.54. The van der Waals surface area contributed by atoms with E-state index in [0.717, 1.165) is 12.5 Å². The van der Waals surface area contributed by atoms with Crippen LogP contribution in [-0.2, 0) is 0 Å². The lowest BCUT2D eigenvalue weighted by Crippen LogP contribution is -2.45. The Morgan fingerprint density at radius 1 is 1.29 bits per heavy atom. The summed E-state index contributed by atoms with van der Waals surface area (Å²) in [6.45, 7) is 9.30. The molecule has 0 aliphatic carbocycles. The highest BCUT2D eigenvalue weighted by Crippen LogP contribution is 2.18. The number of nitrogens with zero attached hydrogens (tertiary/aromatic N) is 2. The van der Waals surface area contributed by atoms with Gasteiger partial charge in [-0.05, 0) is 51.9 Å². The molecule has 0 amide bonds. The van der Waals surface area contributed by atoms with Crippen LogP contribution in [0.4, 0.5) is 0 Å². The molecule has 0 aromatic heterocycles. The number of likely N-dealkylation sites (tertiary alicyclic amines) is 1. The first kappa shape index (κ1) is 14.9. The molecule has 1 heterocycles. The van der Waals surface area contributed by atoms with E-state index in [1.807, 2.05) is 0 Å². The Bertz CT molecular complexity index is 198. The SMILES string of the molecule is CCC(C)C(N)CN1CCC(CN(C)C)CC1. The molecule has 1 aliphatic rings. The van der Waals surface area contributed by atoms with Crippen LogP contribution < -0.4 is 5.73 Å². The Balaban J connectivity index is 2.23. The van der Waals surface area contributed by atoms with Crippen LogP contribution in [0.25, 0.3) is 0 Å². The zero-order valence-electron chi connectivity index (χ0n) is 12.2. The van der Waals surface area contributed by atoms with E-state index >= 15 is 0 Å². The molecule has 2 N–H and O–H groups in total. The van der Waals surface area contributed by atoms with Gasteiger partial charge in [-0.3, -0.25) is 0 Å². The van der Waals surface area contributed by atoms with Crippen LogP contribution in [0.1, 0.15) is 33.1 Å². The second kappa shape index (κ2) is 7.34. The summed E-state index contributed by atoms with van der Waals surface area (Å²) in [5, 5.41) is 0. The Kier molecular flexibility index (Phi) is 6.45. The topological polar surface area (TPSA) is 32.5 Å². The van der Waals surface area contributed by atoms with Crippen molar-refractivity contribution in [2.24, 2.45) is 17.6 Å². The van der Waals surface area contributed by atoms with E-state index < -0.39 is 0 Å². The molecule has 0 spiro atoms. The third kappa shape index (κ3) is 5.36. The zero-order valence-corrected chi connectivity index (χ0v) is 12.2. The van der Waals surface area contributed by atoms with Gasteiger partial charge in [0.1, 0.15) is 0 Å². The second-order valence-electron chi connectivity index (χ2n) is 6.06. The summed E-state index contributed by atoms with van der Waals surface area (Å²) < 4.78 is 0. The Morgan fingerprint density at radius 2 is 1.88 bits per heavy atom. The predicted octanol–water partition coefficient (Wildman–Crippen LogP) is 1.63. The van der Waals surface area contributed by atoms with Crippen molar-refractivity contribution in [3.8, 4) is 0 Å². The van der Waals surface area contributed by atoms with Crippen LogP contribution in [-0.4, -0.2) is 56.1 Å². The first-order chi connectivity index (χ1) is 8.02. The monoisotopic (exact) mass is 241 g/mol. The van der Waals surface area contributed by atoms with Crippen molar-refractivity contribution in [2.75, 3.05) is 40.3 Å². The molecule has 1 fully saturated rings. The quantitative estimate of drug-likeness (QED) is 0.767. The largest absolute Gasteiger partial charge is 0.326 e. The highest BCUT2D eigenvalue weighted by Gasteiger charge is 2.22. The van der Waals surface area contributed by atoms with Gasteiger partial charge in [0.05, 0.1) is 0 Å². The molecule has 1 rings (SSSR count). The summed E-state index contributed by atoms with van der Waals surface area (Å²) in [6, 6.07) is 0.352. The third-order valence-corrected chi connectivity index (χ3v) is 4.17.